The largest absolute Gasteiger partial charge is 0.394 e. The number of aromatic amines is 3. The first kappa shape index (κ1) is 19.0. The van der Waals surface area contributed by atoms with E-state index in [1.165, 1.54) is 12.3 Å². The van der Waals surface area contributed by atoms with Crippen molar-refractivity contribution in [3.63, 3.8) is 0 Å². The summed E-state index contributed by atoms with van der Waals surface area (Å²) < 4.78 is 6.44. The van der Waals surface area contributed by atoms with Gasteiger partial charge in [-0.05, 0) is 12.2 Å². The first-order valence-electron chi connectivity index (χ1n) is 7.05. The highest BCUT2D eigenvalue weighted by Gasteiger charge is 2.43. The maximum atomic E-state index is 11.4. The number of rotatable bonds is 2. The van der Waals surface area contributed by atoms with Gasteiger partial charge in [0.2, 0.25) is 0 Å². The summed E-state index contributed by atoms with van der Waals surface area (Å²) in [6.45, 7) is -0.479. The van der Waals surface area contributed by atoms with Gasteiger partial charge >= 0.3 is 5.69 Å². The molecule has 1 aliphatic heterocycles. The fourth-order valence-corrected chi connectivity index (χ4v) is 2.29. The Bertz CT molecular complexity index is 907. The normalized spacial score (nSPS) is 25.2. The number of hydrogen-bond acceptors (Lipinski definition) is 8. The third-order valence-corrected chi connectivity index (χ3v) is 3.55. The zero-order valence-electron chi connectivity index (χ0n) is 12.7. The molecule has 6 N–H and O–H groups in total. The zero-order chi connectivity index (χ0) is 18.6. The van der Waals surface area contributed by atoms with Crippen molar-refractivity contribution < 1.29 is 20.1 Å². The smallest absolute Gasteiger partial charge is 0.330 e. The van der Waals surface area contributed by atoms with E-state index in [2.05, 4.69) is 22.2 Å². The van der Waals surface area contributed by atoms with Gasteiger partial charge in [-0.3, -0.25) is 24.1 Å². The van der Waals surface area contributed by atoms with Crippen LogP contribution in [-0.2, 0) is 4.74 Å². The molecule has 0 amide bonds. The molecule has 25 heavy (non-hydrogen) atoms. The van der Waals surface area contributed by atoms with Gasteiger partial charge in [-0.15, -0.1) is 0 Å². The predicted octanol–water partition coefficient (Wildman–Crippen LogP) is -2.42. The molecular formula is C13H16N4O7S. The van der Waals surface area contributed by atoms with Gasteiger partial charge in [-0.1, -0.05) is 0 Å². The van der Waals surface area contributed by atoms with Crippen LogP contribution in [0, 0.1) is 4.77 Å². The van der Waals surface area contributed by atoms with E-state index >= 15 is 0 Å². The van der Waals surface area contributed by atoms with Gasteiger partial charge < -0.3 is 25.0 Å². The molecule has 12 heteroatoms. The monoisotopic (exact) mass is 372 g/mol. The first-order valence-corrected chi connectivity index (χ1v) is 7.46. The summed E-state index contributed by atoms with van der Waals surface area (Å²) in [6.07, 6.45) is -2.08. The average molecular weight is 372 g/mol. The Morgan fingerprint density at radius 2 is 1.80 bits per heavy atom. The molecule has 0 aliphatic carbocycles. The molecule has 136 valence electrons. The maximum absolute atomic E-state index is 11.4. The van der Waals surface area contributed by atoms with Crippen LogP contribution in [0.4, 0.5) is 0 Å². The number of H-pyrrole nitrogens is 3. The lowest BCUT2D eigenvalue weighted by Gasteiger charge is -2.16. The number of aromatic nitrogens is 4. The second-order valence-electron chi connectivity index (χ2n) is 5.04. The minimum atomic E-state index is -1.35. The van der Waals surface area contributed by atoms with E-state index in [-0.39, 0.29) is 5.56 Å². The highest BCUT2D eigenvalue weighted by Crippen LogP contribution is 2.27. The SMILES string of the molecule is O=c1cc[nH]c(=S)[nH]1.O=c1ccn([C@@H]2O[C@H](CO)[C@@H](O)[C@H]2O)c(=O)[nH]1. The summed E-state index contributed by atoms with van der Waals surface area (Å²) in [5.41, 5.74) is -1.50. The van der Waals surface area contributed by atoms with Crippen molar-refractivity contribution in [3.8, 4) is 0 Å². The third kappa shape index (κ3) is 4.58. The highest BCUT2D eigenvalue weighted by atomic mass is 32.1. The van der Waals surface area contributed by atoms with E-state index in [1.54, 1.807) is 0 Å². The van der Waals surface area contributed by atoms with Gasteiger partial charge in [0.25, 0.3) is 11.1 Å². The summed E-state index contributed by atoms with van der Waals surface area (Å²) >= 11 is 4.59. The quantitative estimate of drug-likeness (QED) is 0.316. The minimum absolute atomic E-state index is 0.172. The molecule has 1 fully saturated rings. The van der Waals surface area contributed by atoms with E-state index in [9.17, 15) is 24.6 Å². The van der Waals surface area contributed by atoms with Gasteiger partial charge in [0, 0.05) is 24.5 Å². The molecule has 4 atom stereocenters. The number of ether oxygens (including phenoxy) is 1. The molecule has 2 aromatic rings. The standard InChI is InChI=1S/C9H12N2O6.C4H4N2OS/c12-3-4-6(14)7(15)8(17-4)11-2-1-5(13)10-9(11)16;7-3-1-2-5-4(8)6-3/h1-2,4,6-8,12,14-15H,3H2,(H,10,13,16);1-2H,(H2,5,6,7,8)/t4-,6-,7-,8-;/m1./s1. The van der Waals surface area contributed by atoms with E-state index < -0.39 is 42.4 Å². The summed E-state index contributed by atoms with van der Waals surface area (Å²) in [4.78, 5) is 39.7. The van der Waals surface area contributed by atoms with Crippen LogP contribution < -0.4 is 16.8 Å². The van der Waals surface area contributed by atoms with Crippen molar-refractivity contribution in [2.45, 2.75) is 24.5 Å². The Morgan fingerprint density at radius 3 is 2.28 bits per heavy atom. The number of aliphatic hydroxyl groups excluding tert-OH is 3. The van der Waals surface area contributed by atoms with Crippen molar-refractivity contribution in [2.75, 3.05) is 6.61 Å². The van der Waals surface area contributed by atoms with Crippen LogP contribution in [0.15, 0.2) is 38.9 Å². The summed E-state index contributed by atoms with van der Waals surface area (Å²) in [7, 11) is 0. The van der Waals surface area contributed by atoms with Crippen LogP contribution >= 0.6 is 12.2 Å². The predicted molar refractivity (Wildman–Crippen MR) is 86.6 cm³/mol. The van der Waals surface area contributed by atoms with Crippen molar-refractivity contribution in [1.82, 2.24) is 19.5 Å². The fourth-order valence-electron chi connectivity index (χ4n) is 2.12. The molecule has 0 aromatic carbocycles. The average Bonchev–Trinajstić information content (AvgIpc) is 2.83. The third-order valence-electron chi connectivity index (χ3n) is 3.33. The molecular weight excluding hydrogens is 356 g/mol. The zero-order valence-corrected chi connectivity index (χ0v) is 13.5. The van der Waals surface area contributed by atoms with E-state index in [4.69, 9.17) is 9.84 Å². The van der Waals surface area contributed by atoms with Crippen LogP contribution in [0.3, 0.4) is 0 Å². The number of hydrogen-bond donors (Lipinski definition) is 6. The Kier molecular flexibility index (Phi) is 6.17. The fraction of sp³-hybridized carbons (Fsp3) is 0.385. The summed E-state index contributed by atoms with van der Waals surface area (Å²) in [5, 5.41) is 28.1. The summed E-state index contributed by atoms with van der Waals surface area (Å²) in [6, 6.07) is 2.46. The first-order chi connectivity index (χ1) is 11.8. The van der Waals surface area contributed by atoms with Crippen LogP contribution in [0.2, 0.25) is 0 Å². The van der Waals surface area contributed by atoms with Crippen LogP contribution in [-0.4, -0.2) is 59.8 Å². The lowest BCUT2D eigenvalue weighted by molar-refractivity contribution is -0.0550. The maximum Gasteiger partial charge on any atom is 0.330 e. The molecule has 0 radical (unpaired) electrons. The van der Waals surface area contributed by atoms with E-state index in [1.807, 2.05) is 4.98 Å². The van der Waals surface area contributed by atoms with Crippen LogP contribution in [0.5, 0.6) is 0 Å². The van der Waals surface area contributed by atoms with Gasteiger partial charge in [0.1, 0.15) is 18.3 Å². The van der Waals surface area contributed by atoms with E-state index in [0.717, 1.165) is 16.8 Å². The van der Waals surface area contributed by atoms with Crippen molar-refractivity contribution in [2.24, 2.45) is 0 Å². The van der Waals surface area contributed by atoms with Crippen LogP contribution in [0.25, 0.3) is 0 Å². The lowest BCUT2D eigenvalue weighted by Crippen LogP contribution is -2.37. The molecule has 3 heterocycles. The number of nitrogens with one attached hydrogen (secondary N) is 3. The van der Waals surface area contributed by atoms with Gasteiger partial charge in [0.15, 0.2) is 11.0 Å². The Labute approximate surface area is 144 Å². The topological polar surface area (TPSA) is 173 Å². The number of nitrogens with zero attached hydrogens (tertiary/aromatic N) is 1. The van der Waals surface area contributed by atoms with Gasteiger partial charge in [-0.2, -0.15) is 0 Å². The second kappa shape index (κ2) is 8.13. The Hall–Kier alpha value is -2.38. The number of aliphatic hydroxyl groups is 3. The molecule has 3 rings (SSSR count). The molecule has 0 saturated carbocycles. The van der Waals surface area contributed by atoms with Crippen molar-refractivity contribution in [1.29, 1.82) is 0 Å². The molecule has 2 aromatic heterocycles. The minimum Gasteiger partial charge on any atom is -0.394 e. The van der Waals surface area contributed by atoms with E-state index in [0.29, 0.717) is 4.77 Å². The van der Waals surface area contributed by atoms with Crippen molar-refractivity contribution in [3.05, 3.63) is 60.5 Å². The van der Waals surface area contributed by atoms with Crippen LogP contribution in [0.1, 0.15) is 6.23 Å². The highest BCUT2D eigenvalue weighted by molar-refractivity contribution is 7.71. The lowest BCUT2D eigenvalue weighted by atomic mass is 10.1. The molecule has 1 aliphatic rings. The van der Waals surface area contributed by atoms with Gasteiger partial charge in [0.05, 0.1) is 6.61 Å². The van der Waals surface area contributed by atoms with Crippen molar-refractivity contribution >= 4 is 12.2 Å². The summed E-state index contributed by atoms with van der Waals surface area (Å²) in [5.74, 6) is 0. The molecule has 0 bridgehead atoms. The Balaban J connectivity index is 0.000000236. The van der Waals surface area contributed by atoms with Gasteiger partial charge in [-0.25, -0.2) is 4.79 Å². The molecule has 0 spiro atoms. The molecule has 11 nitrogen and oxygen atoms in total. The Morgan fingerprint density at radius 1 is 1.12 bits per heavy atom. The second-order valence-corrected chi connectivity index (χ2v) is 5.45. The molecule has 0 unspecified atom stereocenters. The molecule has 1 saturated heterocycles.